The summed E-state index contributed by atoms with van der Waals surface area (Å²) in [6.07, 6.45) is 3.91. The molecular formula is C15H27N3O3. The van der Waals surface area contributed by atoms with Gasteiger partial charge in [-0.05, 0) is 37.5 Å². The summed E-state index contributed by atoms with van der Waals surface area (Å²) < 4.78 is 0. The van der Waals surface area contributed by atoms with E-state index in [4.69, 9.17) is 11.5 Å². The molecule has 1 rings (SSSR count). The molecule has 0 aromatic carbocycles. The van der Waals surface area contributed by atoms with Gasteiger partial charge in [0.15, 0.2) is 0 Å². The summed E-state index contributed by atoms with van der Waals surface area (Å²) in [4.78, 5) is 34.0. The van der Waals surface area contributed by atoms with Crippen LogP contribution in [-0.2, 0) is 14.4 Å². The molecule has 5 N–H and O–H groups in total. The van der Waals surface area contributed by atoms with Crippen LogP contribution in [0, 0.1) is 17.8 Å². The van der Waals surface area contributed by atoms with E-state index in [0.29, 0.717) is 5.92 Å². The molecule has 21 heavy (non-hydrogen) atoms. The van der Waals surface area contributed by atoms with Crippen molar-refractivity contribution in [2.45, 2.75) is 58.4 Å². The van der Waals surface area contributed by atoms with Gasteiger partial charge in [0.25, 0.3) is 0 Å². The van der Waals surface area contributed by atoms with Gasteiger partial charge in [-0.2, -0.15) is 0 Å². The van der Waals surface area contributed by atoms with Crippen molar-refractivity contribution in [2.75, 3.05) is 0 Å². The van der Waals surface area contributed by atoms with Crippen LogP contribution in [0.5, 0.6) is 0 Å². The summed E-state index contributed by atoms with van der Waals surface area (Å²) in [5.74, 6) is -0.915. The maximum absolute atomic E-state index is 12.0. The van der Waals surface area contributed by atoms with Crippen molar-refractivity contribution in [2.24, 2.45) is 29.2 Å². The molecule has 1 aliphatic carbocycles. The second-order valence-electron chi connectivity index (χ2n) is 6.40. The molecule has 1 aliphatic rings. The number of rotatable bonds is 7. The minimum atomic E-state index is -0.811. The molecule has 6 nitrogen and oxygen atoms in total. The van der Waals surface area contributed by atoms with Crippen molar-refractivity contribution >= 4 is 17.7 Å². The molecule has 6 heteroatoms. The van der Waals surface area contributed by atoms with Crippen LogP contribution in [0.25, 0.3) is 0 Å². The molecule has 0 aliphatic heterocycles. The van der Waals surface area contributed by atoms with Gasteiger partial charge in [-0.25, -0.2) is 0 Å². The fourth-order valence-corrected chi connectivity index (χ4v) is 2.96. The summed E-state index contributed by atoms with van der Waals surface area (Å²) in [5, 5.41) is 2.94. The number of carbonyl (C=O) groups is 3. The van der Waals surface area contributed by atoms with Crippen molar-refractivity contribution in [3.8, 4) is 0 Å². The molecule has 0 bridgehead atoms. The summed E-state index contributed by atoms with van der Waals surface area (Å²) in [6, 6.07) is 0.162. The van der Waals surface area contributed by atoms with E-state index in [1.165, 1.54) is 0 Å². The fraction of sp³-hybridized carbons (Fsp3) is 0.800. The zero-order valence-corrected chi connectivity index (χ0v) is 12.9. The predicted molar refractivity (Wildman–Crippen MR) is 79.8 cm³/mol. The van der Waals surface area contributed by atoms with E-state index < -0.39 is 17.7 Å². The Morgan fingerprint density at radius 3 is 2.05 bits per heavy atom. The Bertz CT molecular complexity index is 388. The first-order valence-electron chi connectivity index (χ1n) is 7.66. The first-order chi connectivity index (χ1) is 9.79. The topological polar surface area (TPSA) is 115 Å². The van der Waals surface area contributed by atoms with E-state index in [1.807, 2.05) is 0 Å². The number of hydrogen-bond donors (Lipinski definition) is 3. The zero-order valence-electron chi connectivity index (χ0n) is 12.9. The van der Waals surface area contributed by atoms with Crippen molar-refractivity contribution in [1.82, 2.24) is 5.32 Å². The maximum atomic E-state index is 12.0. The number of amides is 3. The van der Waals surface area contributed by atoms with E-state index >= 15 is 0 Å². The van der Waals surface area contributed by atoms with Crippen molar-refractivity contribution in [3.05, 3.63) is 0 Å². The number of carbonyl (C=O) groups excluding carboxylic acids is 3. The van der Waals surface area contributed by atoms with E-state index in [9.17, 15) is 14.4 Å². The van der Waals surface area contributed by atoms with E-state index in [1.54, 1.807) is 0 Å². The van der Waals surface area contributed by atoms with Gasteiger partial charge in [0.05, 0.1) is 5.92 Å². The summed E-state index contributed by atoms with van der Waals surface area (Å²) in [6.45, 7) is 4.45. The smallest absolute Gasteiger partial charge is 0.221 e. The van der Waals surface area contributed by atoms with Crippen LogP contribution in [0.1, 0.15) is 52.4 Å². The molecule has 120 valence electrons. The van der Waals surface area contributed by atoms with Crippen LogP contribution in [0.3, 0.4) is 0 Å². The molecule has 1 unspecified atom stereocenters. The van der Waals surface area contributed by atoms with Crippen molar-refractivity contribution in [3.63, 3.8) is 0 Å². The Kier molecular flexibility index (Phi) is 6.65. The lowest BCUT2D eigenvalue weighted by atomic mass is 9.79. The van der Waals surface area contributed by atoms with E-state index in [2.05, 4.69) is 19.2 Å². The highest BCUT2D eigenvalue weighted by molar-refractivity contribution is 5.88. The summed E-state index contributed by atoms with van der Waals surface area (Å²) in [5.41, 5.74) is 10.2. The van der Waals surface area contributed by atoms with Gasteiger partial charge in [-0.3, -0.25) is 14.4 Å². The van der Waals surface area contributed by atoms with Gasteiger partial charge in [0.1, 0.15) is 0 Å². The minimum absolute atomic E-state index is 0.0671. The monoisotopic (exact) mass is 297 g/mol. The lowest BCUT2D eigenvalue weighted by Crippen LogP contribution is -2.40. The highest BCUT2D eigenvalue weighted by Gasteiger charge is 2.26. The molecule has 0 aromatic heterocycles. The largest absolute Gasteiger partial charge is 0.370 e. The Balaban J connectivity index is 2.39. The normalized spacial score (nSPS) is 23.6. The zero-order chi connectivity index (χ0) is 16.0. The average Bonchev–Trinajstić information content (AvgIpc) is 2.37. The highest BCUT2D eigenvalue weighted by atomic mass is 16.2. The molecule has 0 heterocycles. The average molecular weight is 297 g/mol. The van der Waals surface area contributed by atoms with Crippen molar-refractivity contribution in [1.29, 1.82) is 0 Å². The Morgan fingerprint density at radius 2 is 1.62 bits per heavy atom. The standard InChI is InChI=1S/C15H27N3O3/c1-9(2)10-3-5-12(6-4-10)18-14(20)8-11(15(17)21)7-13(16)19/h9-12H,3-8H2,1-2H3,(H2,16,19)(H2,17,21)(H,18,20). The number of hydrogen-bond acceptors (Lipinski definition) is 3. The maximum Gasteiger partial charge on any atom is 0.221 e. The summed E-state index contributed by atoms with van der Waals surface area (Å²) >= 11 is 0. The van der Waals surface area contributed by atoms with Gasteiger partial charge in [-0.1, -0.05) is 13.8 Å². The number of nitrogens with two attached hydrogens (primary N) is 2. The molecule has 0 saturated heterocycles. The minimum Gasteiger partial charge on any atom is -0.370 e. The molecule has 3 amide bonds. The second kappa shape index (κ2) is 8.00. The van der Waals surface area contributed by atoms with Crippen LogP contribution < -0.4 is 16.8 Å². The third-order valence-electron chi connectivity index (χ3n) is 4.36. The predicted octanol–water partition coefficient (Wildman–Crippen LogP) is 0.684. The van der Waals surface area contributed by atoms with Gasteiger partial charge < -0.3 is 16.8 Å². The lowest BCUT2D eigenvalue weighted by molar-refractivity contribution is -0.131. The van der Waals surface area contributed by atoms with Gasteiger partial charge in [-0.15, -0.1) is 0 Å². The van der Waals surface area contributed by atoms with Crippen molar-refractivity contribution < 1.29 is 14.4 Å². The van der Waals surface area contributed by atoms with Crippen LogP contribution >= 0.6 is 0 Å². The Morgan fingerprint density at radius 1 is 1.05 bits per heavy atom. The SMILES string of the molecule is CC(C)C1CCC(NC(=O)CC(CC(N)=O)C(N)=O)CC1. The van der Waals surface area contributed by atoms with Crippen LogP contribution in [-0.4, -0.2) is 23.8 Å². The van der Waals surface area contributed by atoms with Gasteiger partial charge >= 0.3 is 0 Å². The Hall–Kier alpha value is -1.59. The lowest BCUT2D eigenvalue weighted by Gasteiger charge is -2.31. The first-order valence-corrected chi connectivity index (χ1v) is 7.66. The van der Waals surface area contributed by atoms with Gasteiger partial charge in [0, 0.05) is 18.9 Å². The molecule has 1 fully saturated rings. The Labute approximate surface area is 126 Å². The highest BCUT2D eigenvalue weighted by Crippen LogP contribution is 2.29. The molecular weight excluding hydrogens is 270 g/mol. The van der Waals surface area contributed by atoms with E-state index in [0.717, 1.165) is 31.6 Å². The summed E-state index contributed by atoms with van der Waals surface area (Å²) in [7, 11) is 0. The van der Waals surface area contributed by atoms with E-state index in [-0.39, 0.29) is 24.8 Å². The molecule has 0 spiro atoms. The molecule has 1 saturated carbocycles. The van der Waals surface area contributed by atoms with Crippen LogP contribution in [0.4, 0.5) is 0 Å². The molecule has 0 radical (unpaired) electrons. The van der Waals surface area contributed by atoms with Crippen LogP contribution in [0.15, 0.2) is 0 Å². The first kappa shape index (κ1) is 17.5. The number of primary amides is 2. The fourth-order valence-electron chi connectivity index (χ4n) is 2.96. The van der Waals surface area contributed by atoms with Crippen LogP contribution in [0.2, 0.25) is 0 Å². The third kappa shape index (κ3) is 6.14. The molecule has 0 aromatic rings. The second-order valence-corrected chi connectivity index (χ2v) is 6.40. The molecule has 1 atom stereocenters. The number of nitrogens with one attached hydrogen (secondary N) is 1. The van der Waals surface area contributed by atoms with Gasteiger partial charge in [0.2, 0.25) is 17.7 Å². The third-order valence-corrected chi connectivity index (χ3v) is 4.36. The quantitative estimate of drug-likeness (QED) is 0.641.